The molecule has 1 aromatic heterocycles. The quantitative estimate of drug-likeness (QED) is 0.479. The van der Waals surface area contributed by atoms with Crippen LogP contribution < -0.4 is 10.9 Å². The molecule has 0 aliphatic heterocycles. The highest BCUT2D eigenvalue weighted by Gasteiger charge is 2.16. The van der Waals surface area contributed by atoms with E-state index < -0.39 is 11.5 Å². The first-order valence-electron chi connectivity index (χ1n) is 6.26. The number of nitrogens with one attached hydrogen (secondary N) is 1. The lowest BCUT2D eigenvalue weighted by Gasteiger charge is -2.09. The summed E-state index contributed by atoms with van der Waals surface area (Å²) in [5.74, 6) is 1.75. The summed E-state index contributed by atoms with van der Waals surface area (Å²) in [5, 5.41) is 10.2. The van der Waals surface area contributed by atoms with Crippen molar-refractivity contribution in [1.29, 1.82) is 0 Å². The van der Waals surface area contributed by atoms with Crippen molar-refractivity contribution in [1.82, 2.24) is 15.0 Å². The van der Waals surface area contributed by atoms with Crippen molar-refractivity contribution >= 4 is 29.0 Å². The van der Waals surface area contributed by atoms with Gasteiger partial charge >= 0.3 is 5.97 Å². The van der Waals surface area contributed by atoms with E-state index in [2.05, 4.69) is 26.3 Å². The number of benzene rings is 1. The molecule has 0 radical (unpaired) electrons. The number of fused-ring (bicyclic) bond motifs is 1. The molecule has 0 aliphatic carbocycles. The fourth-order valence-corrected chi connectivity index (χ4v) is 1.90. The number of nitrogens with zero attached hydrogens (tertiary/aromatic N) is 3. The van der Waals surface area contributed by atoms with Crippen molar-refractivity contribution in [3.63, 3.8) is 0 Å². The summed E-state index contributed by atoms with van der Waals surface area (Å²) in [6, 6.07) is 2.70. The molecule has 22 heavy (non-hydrogen) atoms. The zero-order chi connectivity index (χ0) is 16.1. The van der Waals surface area contributed by atoms with E-state index in [0.29, 0.717) is 12.8 Å². The van der Waals surface area contributed by atoms with Crippen molar-refractivity contribution in [2.45, 2.75) is 13.0 Å². The zero-order valence-electron chi connectivity index (χ0n) is 11.7. The topological polar surface area (TPSA) is 103 Å². The first-order valence-corrected chi connectivity index (χ1v) is 6.26. The summed E-state index contributed by atoms with van der Waals surface area (Å²) >= 11 is 0. The molecule has 0 bridgehead atoms. The molecule has 0 spiro atoms. The lowest BCUT2D eigenvalue weighted by molar-refractivity contribution is -0.105. The van der Waals surface area contributed by atoms with Gasteiger partial charge in [-0.25, -0.2) is 9.48 Å². The third kappa shape index (κ3) is 2.78. The summed E-state index contributed by atoms with van der Waals surface area (Å²) in [4.78, 5) is 34.7. The molecule has 1 N–H and O–H groups in total. The summed E-state index contributed by atoms with van der Waals surface area (Å²) in [6.45, 7) is 0.230. The van der Waals surface area contributed by atoms with E-state index in [1.165, 1.54) is 19.2 Å². The summed E-state index contributed by atoms with van der Waals surface area (Å²) in [5.41, 5.74) is 0.0459. The molecule has 8 nitrogen and oxygen atoms in total. The Hall–Kier alpha value is -3.21. The highest BCUT2D eigenvalue weighted by molar-refractivity contribution is 6.02. The lowest BCUT2D eigenvalue weighted by Crippen LogP contribution is -2.24. The molecule has 0 unspecified atom stereocenters. The van der Waals surface area contributed by atoms with Crippen LogP contribution >= 0.6 is 0 Å². The average Bonchev–Trinajstić information content (AvgIpc) is 2.54. The fourth-order valence-electron chi connectivity index (χ4n) is 1.90. The second-order valence-corrected chi connectivity index (χ2v) is 4.24. The predicted molar refractivity (Wildman–Crippen MR) is 78.3 cm³/mol. The Kier molecular flexibility index (Phi) is 4.48. The van der Waals surface area contributed by atoms with Gasteiger partial charge in [-0.1, -0.05) is 5.21 Å². The molecule has 0 atom stereocenters. The molecular formula is C14H12N4O4. The Labute approximate surface area is 125 Å². The van der Waals surface area contributed by atoms with Crippen LogP contribution in [-0.2, 0) is 16.1 Å². The average molecular weight is 300 g/mol. The van der Waals surface area contributed by atoms with Crippen LogP contribution in [0.15, 0.2) is 16.9 Å². The van der Waals surface area contributed by atoms with E-state index in [-0.39, 0.29) is 28.7 Å². The van der Waals surface area contributed by atoms with Crippen LogP contribution in [0.2, 0.25) is 0 Å². The molecule has 0 saturated heterocycles. The SMILES string of the molecule is C#CCCn1nnc2cc(C(=O)OC)c(NC=O)cc2c1=O. The molecule has 0 saturated carbocycles. The second-order valence-electron chi connectivity index (χ2n) is 4.24. The van der Waals surface area contributed by atoms with E-state index in [1.54, 1.807) is 0 Å². The van der Waals surface area contributed by atoms with Gasteiger partial charge in [-0.15, -0.1) is 17.4 Å². The van der Waals surface area contributed by atoms with Gasteiger partial charge in [-0.05, 0) is 12.1 Å². The van der Waals surface area contributed by atoms with Crippen molar-refractivity contribution in [2.75, 3.05) is 12.4 Å². The lowest BCUT2D eigenvalue weighted by atomic mass is 10.1. The van der Waals surface area contributed by atoms with Crippen LogP contribution in [0.5, 0.6) is 0 Å². The largest absolute Gasteiger partial charge is 0.465 e. The molecule has 112 valence electrons. The standard InChI is InChI=1S/C14H12N4O4/c1-3-4-5-18-13(20)9-6-11(15-8-19)10(14(21)22-2)7-12(9)16-17-18/h1,6-8H,4-5H2,2H3,(H,15,19). The molecule has 0 fully saturated rings. The van der Waals surface area contributed by atoms with E-state index in [0.717, 1.165) is 4.68 Å². The number of carbonyl (C=O) groups excluding carboxylic acids is 2. The number of hydrogen-bond donors (Lipinski definition) is 1. The molecule has 1 heterocycles. The van der Waals surface area contributed by atoms with Crippen molar-refractivity contribution < 1.29 is 14.3 Å². The van der Waals surface area contributed by atoms with E-state index >= 15 is 0 Å². The van der Waals surface area contributed by atoms with Crippen LogP contribution in [0, 0.1) is 12.3 Å². The second kappa shape index (κ2) is 6.49. The van der Waals surface area contributed by atoms with Gasteiger partial charge in [-0.2, -0.15) is 0 Å². The number of anilines is 1. The van der Waals surface area contributed by atoms with Crippen LogP contribution in [0.3, 0.4) is 0 Å². The maximum absolute atomic E-state index is 12.3. The minimum Gasteiger partial charge on any atom is -0.465 e. The Balaban J connectivity index is 2.66. The normalized spacial score (nSPS) is 10.0. The number of rotatable bonds is 5. The summed E-state index contributed by atoms with van der Waals surface area (Å²) in [7, 11) is 1.21. The minimum absolute atomic E-state index is 0.0807. The number of ether oxygens (including phenoxy) is 1. The van der Waals surface area contributed by atoms with E-state index in [9.17, 15) is 14.4 Å². The number of terminal acetylenes is 1. The summed E-state index contributed by atoms with van der Waals surface area (Å²) < 4.78 is 5.76. The molecule has 2 aromatic rings. The minimum atomic E-state index is -0.662. The number of aryl methyl sites for hydroxylation is 1. The van der Waals surface area contributed by atoms with Crippen molar-refractivity contribution in [3.05, 3.63) is 28.0 Å². The molecule has 0 aliphatic rings. The van der Waals surface area contributed by atoms with E-state index in [1.807, 2.05) is 0 Å². The number of carbonyl (C=O) groups is 2. The molecular weight excluding hydrogens is 288 g/mol. The van der Waals surface area contributed by atoms with Gasteiger partial charge in [0.1, 0.15) is 5.52 Å². The maximum Gasteiger partial charge on any atom is 0.340 e. The van der Waals surface area contributed by atoms with Gasteiger partial charge < -0.3 is 10.1 Å². The Morgan fingerprint density at radius 3 is 2.95 bits per heavy atom. The monoisotopic (exact) mass is 300 g/mol. The number of methoxy groups -OCH3 is 1. The predicted octanol–water partition coefficient (Wildman–Crippen LogP) is 0.170. The van der Waals surface area contributed by atoms with Crippen LogP contribution in [0.1, 0.15) is 16.8 Å². The van der Waals surface area contributed by atoms with Crippen LogP contribution in [0.25, 0.3) is 10.9 Å². The Morgan fingerprint density at radius 2 is 2.32 bits per heavy atom. The maximum atomic E-state index is 12.3. The molecule has 8 heteroatoms. The van der Waals surface area contributed by atoms with Gasteiger partial charge in [0.2, 0.25) is 6.41 Å². The van der Waals surface area contributed by atoms with E-state index in [4.69, 9.17) is 6.42 Å². The summed E-state index contributed by atoms with van der Waals surface area (Å²) in [6.07, 6.45) is 5.89. The first kappa shape index (κ1) is 15.2. The third-order valence-corrected chi connectivity index (χ3v) is 2.95. The smallest absolute Gasteiger partial charge is 0.340 e. The van der Waals surface area contributed by atoms with Crippen LogP contribution in [-0.4, -0.2) is 34.5 Å². The Bertz CT molecular complexity index is 835. The highest BCUT2D eigenvalue weighted by Crippen LogP contribution is 2.21. The van der Waals surface area contributed by atoms with Gasteiger partial charge in [0.05, 0.1) is 30.3 Å². The van der Waals surface area contributed by atoms with Crippen LogP contribution in [0.4, 0.5) is 5.69 Å². The third-order valence-electron chi connectivity index (χ3n) is 2.95. The van der Waals surface area contributed by atoms with Gasteiger partial charge in [0.25, 0.3) is 5.56 Å². The number of esters is 1. The first-order chi connectivity index (χ1) is 10.6. The number of aromatic nitrogens is 3. The molecule has 2 rings (SSSR count). The number of amides is 1. The molecule has 1 aromatic carbocycles. The molecule has 1 amide bonds. The number of hydrogen-bond acceptors (Lipinski definition) is 6. The van der Waals surface area contributed by atoms with Gasteiger partial charge in [-0.3, -0.25) is 9.59 Å². The Morgan fingerprint density at radius 1 is 1.55 bits per heavy atom. The fraction of sp³-hybridized carbons (Fsp3) is 0.214. The zero-order valence-corrected chi connectivity index (χ0v) is 11.7. The van der Waals surface area contributed by atoms with Crippen molar-refractivity contribution in [2.24, 2.45) is 0 Å². The van der Waals surface area contributed by atoms with Crippen molar-refractivity contribution in [3.8, 4) is 12.3 Å². The highest BCUT2D eigenvalue weighted by atomic mass is 16.5. The van der Waals surface area contributed by atoms with Gasteiger partial charge in [0, 0.05) is 6.42 Å². The van der Waals surface area contributed by atoms with Gasteiger partial charge in [0.15, 0.2) is 0 Å².